The second-order valence-electron chi connectivity index (χ2n) is 3.35. The first-order valence-electron chi connectivity index (χ1n) is 4.80. The molecule has 0 aromatic carbocycles. The Kier molecular flexibility index (Phi) is 4.32. The highest BCUT2D eigenvalue weighted by Gasteiger charge is 2.13. The number of hydrogen-bond donors (Lipinski definition) is 1. The number of aromatic nitrogens is 2. The van der Waals surface area contributed by atoms with Gasteiger partial charge in [-0.05, 0) is 23.9 Å². The molecule has 3 nitrogen and oxygen atoms in total. The van der Waals surface area contributed by atoms with Crippen LogP contribution in [0.15, 0.2) is 5.38 Å². The van der Waals surface area contributed by atoms with Crippen molar-refractivity contribution in [1.82, 2.24) is 9.59 Å². The molecule has 1 rings (SSSR count). The van der Waals surface area contributed by atoms with Crippen molar-refractivity contribution < 1.29 is 0 Å². The fourth-order valence-corrected chi connectivity index (χ4v) is 1.95. The molecule has 2 N–H and O–H groups in total. The van der Waals surface area contributed by atoms with Crippen LogP contribution < -0.4 is 5.73 Å². The van der Waals surface area contributed by atoms with Crippen LogP contribution in [-0.2, 0) is 0 Å². The van der Waals surface area contributed by atoms with Crippen LogP contribution in [-0.4, -0.2) is 9.59 Å². The molecule has 13 heavy (non-hydrogen) atoms. The van der Waals surface area contributed by atoms with E-state index in [0.29, 0.717) is 0 Å². The summed E-state index contributed by atoms with van der Waals surface area (Å²) in [6.45, 7) is 4.42. The lowest BCUT2D eigenvalue weighted by atomic mass is 9.94. The third kappa shape index (κ3) is 3.04. The predicted octanol–water partition coefficient (Wildman–Crippen LogP) is 2.36. The Morgan fingerprint density at radius 3 is 2.62 bits per heavy atom. The minimum absolute atomic E-state index is 0.0728. The van der Waals surface area contributed by atoms with E-state index in [9.17, 15) is 0 Å². The first-order chi connectivity index (χ1) is 6.27. The van der Waals surface area contributed by atoms with E-state index in [1.165, 1.54) is 24.4 Å². The number of nitrogens with zero attached hydrogens (tertiary/aromatic N) is 2. The molecule has 1 aromatic rings. The minimum atomic E-state index is 0.0728. The van der Waals surface area contributed by atoms with Gasteiger partial charge >= 0.3 is 0 Å². The maximum absolute atomic E-state index is 6.00. The highest BCUT2D eigenvalue weighted by molar-refractivity contribution is 7.03. The third-order valence-electron chi connectivity index (χ3n) is 2.50. The first kappa shape index (κ1) is 10.6. The van der Waals surface area contributed by atoms with Crippen LogP contribution in [0.3, 0.4) is 0 Å². The van der Waals surface area contributed by atoms with Gasteiger partial charge in [-0.25, -0.2) is 0 Å². The molecule has 0 spiro atoms. The third-order valence-corrected chi connectivity index (χ3v) is 3.02. The zero-order valence-corrected chi connectivity index (χ0v) is 9.05. The standard InChI is InChI=1S/C9H17N3S/c1-3-7(4-2)5-8(10)9-6-13-12-11-9/h6-8H,3-5,10H2,1-2H3. The molecular formula is C9H17N3S. The van der Waals surface area contributed by atoms with Crippen molar-refractivity contribution >= 4 is 11.5 Å². The van der Waals surface area contributed by atoms with Gasteiger partial charge in [-0.15, -0.1) is 5.10 Å². The van der Waals surface area contributed by atoms with E-state index < -0.39 is 0 Å². The molecule has 0 saturated carbocycles. The van der Waals surface area contributed by atoms with E-state index in [1.807, 2.05) is 5.38 Å². The lowest BCUT2D eigenvalue weighted by Gasteiger charge is -2.15. The van der Waals surface area contributed by atoms with Crippen LogP contribution in [0.1, 0.15) is 44.8 Å². The highest BCUT2D eigenvalue weighted by Crippen LogP contribution is 2.22. The van der Waals surface area contributed by atoms with Crippen molar-refractivity contribution in [2.24, 2.45) is 11.7 Å². The summed E-state index contributed by atoms with van der Waals surface area (Å²) in [4.78, 5) is 0. The lowest BCUT2D eigenvalue weighted by molar-refractivity contribution is 0.410. The molecule has 1 atom stereocenters. The van der Waals surface area contributed by atoms with Crippen LogP contribution in [0.25, 0.3) is 0 Å². The molecule has 4 heteroatoms. The van der Waals surface area contributed by atoms with Crippen molar-refractivity contribution in [1.29, 1.82) is 0 Å². The predicted molar refractivity (Wildman–Crippen MR) is 55.5 cm³/mol. The van der Waals surface area contributed by atoms with E-state index in [4.69, 9.17) is 5.73 Å². The first-order valence-corrected chi connectivity index (χ1v) is 5.64. The van der Waals surface area contributed by atoms with Crippen molar-refractivity contribution in [3.8, 4) is 0 Å². The van der Waals surface area contributed by atoms with Crippen LogP contribution in [0.5, 0.6) is 0 Å². The average molecular weight is 199 g/mol. The Morgan fingerprint density at radius 2 is 2.15 bits per heavy atom. The summed E-state index contributed by atoms with van der Waals surface area (Å²) < 4.78 is 3.81. The van der Waals surface area contributed by atoms with Crippen molar-refractivity contribution in [3.05, 3.63) is 11.1 Å². The van der Waals surface area contributed by atoms with Gasteiger partial charge in [0.2, 0.25) is 0 Å². The van der Waals surface area contributed by atoms with Gasteiger partial charge in [-0.2, -0.15) is 0 Å². The van der Waals surface area contributed by atoms with Gasteiger partial charge in [0.1, 0.15) is 0 Å². The minimum Gasteiger partial charge on any atom is -0.323 e. The van der Waals surface area contributed by atoms with Crippen LogP contribution in [0.4, 0.5) is 0 Å². The van der Waals surface area contributed by atoms with Gasteiger partial charge in [0.25, 0.3) is 0 Å². The van der Waals surface area contributed by atoms with Gasteiger partial charge in [-0.3, -0.25) is 0 Å². The summed E-state index contributed by atoms with van der Waals surface area (Å²) in [7, 11) is 0. The quantitative estimate of drug-likeness (QED) is 0.792. The Bertz CT molecular complexity index is 219. The SMILES string of the molecule is CCC(CC)CC(N)c1csnn1. The Hall–Kier alpha value is -0.480. The molecule has 0 aliphatic carbocycles. The van der Waals surface area contributed by atoms with E-state index in [0.717, 1.165) is 18.0 Å². The molecule has 0 saturated heterocycles. The van der Waals surface area contributed by atoms with E-state index >= 15 is 0 Å². The zero-order chi connectivity index (χ0) is 9.68. The summed E-state index contributed by atoms with van der Waals surface area (Å²) in [6.07, 6.45) is 3.42. The summed E-state index contributed by atoms with van der Waals surface area (Å²) in [6, 6.07) is 0.0728. The van der Waals surface area contributed by atoms with Gasteiger partial charge in [-0.1, -0.05) is 31.2 Å². The number of rotatable bonds is 5. The smallest absolute Gasteiger partial charge is 0.0922 e. The van der Waals surface area contributed by atoms with Gasteiger partial charge in [0.05, 0.1) is 11.7 Å². The van der Waals surface area contributed by atoms with Crippen molar-refractivity contribution in [3.63, 3.8) is 0 Å². The maximum atomic E-state index is 6.00. The molecule has 0 aliphatic heterocycles. The normalized spacial score (nSPS) is 13.5. The fraction of sp³-hybridized carbons (Fsp3) is 0.778. The number of nitrogens with two attached hydrogens (primary N) is 1. The van der Waals surface area contributed by atoms with Crippen LogP contribution in [0, 0.1) is 5.92 Å². The molecule has 0 radical (unpaired) electrons. The second-order valence-corrected chi connectivity index (χ2v) is 3.96. The molecule has 0 fully saturated rings. The van der Waals surface area contributed by atoms with Gasteiger partial charge in [0.15, 0.2) is 0 Å². The molecular weight excluding hydrogens is 182 g/mol. The van der Waals surface area contributed by atoms with Crippen molar-refractivity contribution in [2.45, 2.75) is 39.2 Å². The topological polar surface area (TPSA) is 51.8 Å². The van der Waals surface area contributed by atoms with Crippen LogP contribution >= 0.6 is 11.5 Å². The molecule has 1 unspecified atom stereocenters. The van der Waals surface area contributed by atoms with Gasteiger partial charge in [0, 0.05) is 5.38 Å². The Morgan fingerprint density at radius 1 is 1.46 bits per heavy atom. The second kappa shape index (κ2) is 5.29. The molecule has 1 aromatic heterocycles. The molecule has 0 amide bonds. The highest BCUT2D eigenvalue weighted by atomic mass is 32.1. The van der Waals surface area contributed by atoms with Crippen LogP contribution in [0.2, 0.25) is 0 Å². The van der Waals surface area contributed by atoms with E-state index in [2.05, 4.69) is 23.4 Å². The molecule has 1 heterocycles. The molecule has 74 valence electrons. The lowest BCUT2D eigenvalue weighted by Crippen LogP contribution is -2.15. The summed E-state index contributed by atoms with van der Waals surface area (Å²) in [5.74, 6) is 0.719. The maximum Gasteiger partial charge on any atom is 0.0922 e. The monoisotopic (exact) mass is 199 g/mol. The Balaban J connectivity index is 2.45. The summed E-state index contributed by atoms with van der Waals surface area (Å²) in [5, 5.41) is 5.92. The van der Waals surface area contributed by atoms with E-state index in [1.54, 1.807) is 0 Å². The number of hydrogen-bond acceptors (Lipinski definition) is 4. The van der Waals surface area contributed by atoms with E-state index in [-0.39, 0.29) is 6.04 Å². The fourth-order valence-electron chi connectivity index (χ4n) is 1.44. The Labute approximate surface area is 83.5 Å². The summed E-state index contributed by atoms with van der Waals surface area (Å²) in [5.41, 5.74) is 6.94. The molecule has 0 aliphatic rings. The summed E-state index contributed by atoms with van der Waals surface area (Å²) >= 11 is 1.37. The zero-order valence-electron chi connectivity index (χ0n) is 8.23. The van der Waals surface area contributed by atoms with Gasteiger partial charge < -0.3 is 5.73 Å². The average Bonchev–Trinajstić information content (AvgIpc) is 2.66. The van der Waals surface area contributed by atoms with Crippen molar-refractivity contribution in [2.75, 3.05) is 0 Å². The molecule has 0 bridgehead atoms. The largest absolute Gasteiger partial charge is 0.323 e.